The normalized spacial score (nSPS) is 14.2. The van der Waals surface area contributed by atoms with E-state index in [2.05, 4.69) is 22.2 Å². The van der Waals surface area contributed by atoms with E-state index in [0.29, 0.717) is 10.7 Å². The maximum absolute atomic E-state index is 14.4. The molecule has 3 rings (SSSR count). The first kappa shape index (κ1) is 20.4. The van der Waals surface area contributed by atoms with Crippen LogP contribution in [-0.4, -0.2) is 28.8 Å². The van der Waals surface area contributed by atoms with Crippen molar-refractivity contribution in [2.24, 2.45) is 0 Å². The summed E-state index contributed by atoms with van der Waals surface area (Å²) in [5.41, 5.74) is 2.41. The first-order valence-electron chi connectivity index (χ1n) is 9.76. The molecule has 150 valence electrons. The van der Waals surface area contributed by atoms with Crippen LogP contribution in [0.5, 0.6) is 0 Å². The van der Waals surface area contributed by atoms with Crippen LogP contribution in [0.2, 0.25) is 5.15 Å². The average molecular weight is 405 g/mol. The molecule has 1 saturated heterocycles. The Morgan fingerprint density at radius 3 is 2.82 bits per heavy atom. The fourth-order valence-electron chi connectivity index (χ4n) is 3.39. The van der Waals surface area contributed by atoms with Crippen molar-refractivity contribution in [3.63, 3.8) is 0 Å². The largest absolute Gasteiger partial charge is 0.370 e. The van der Waals surface area contributed by atoms with Crippen LogP contribution in [-0.2, 0) is 11.3 Å². The number of hydrogen-bond acceptors (Lipinski definition) is 3. The molecule has 1 aliphatic heterocycles. The zero-order valence-electron chi connectivity index (χ0n) is 16.3. The lowest BCUT2D eigenvalue weighted by atomic mass is 10.2. The minimum Gasteiger partial charge on any atom is -0.370 e. The second-order valence-electron chi connectivity index (χ2n) is 7.02. The van der Waals surface area contributed by atoms with Crippen molar-refractivity contribution in [1.29, 1.82) is 0 Å². The summed E-state index contributed by atoms with van der Waals surface area (Å²) in [7, 11) is 0. The van der Waals surface area contributed by atoms with Gasteiger partial charge in [0.1, 0.15) is 16.7 Å². The van der Waals surface area contributed by atoms with Crippen molar-refractivity contribution in [1.82, 2.24) is 9.78 Å². The molecule has 2 heterocycles. The van der Waals surface area contributed by atoms with Crippen LogP contribution in [0.1, 0.15) is 43.9 Å². The number of nitrogens with zero attached hydrogens (tertiary/aromatic N) is 3. The van der Waals surface area contributed by atoms with Crippen molar-refractivity contribution >= 4 is 35.0 Å². The van der Waals surface area contributed by atoms with Gasteiger partial charge in [0, 0.05) is 31.3 Å². The van der Waals surface area contributed by atoms with E-state index in [1.54, 1.807) is 16.8 Å². The van der Waals surface area contributed by atoms with E-state index in [1.165, 1.54) is 12.1 Å². The van der Waals surface area contributed by atoms with Crippen LogP contribution in [0, 0.1) is 12.7 Å². The quantitative estimate of drug-likeness (QED) is 0.658. The molecule has 1 N–H and O–H groups in total. The Kier molecular flexibility index (Phi) is 6.73. The van der Waals surface area contributed by atoms with Gasteiger partial charge in [0.15, 0.2) is 0 Å². The number of benzene rings is 1. The van der Waals surface area contributed by atoms with Gasteiger partial charge < -0.3 is 10.2 Å². The molecular weight excluding hydrogens is 379 g/mol. The van der Waals surface area contributed by atoms with E-state index in [-0.39, 0.29) is 5.69 Å². The van der Waals surface area contributed by atoms with Gasteiger partial charge in [-0.15, -0.1) is 0 Å². The molecule has 0 unspecified atom stereocenters. The van der Waals surface area contributed by atoms with Gasteiger partial charge in [-0.2, -0.15) is 5.10 Å². The van der Waals surface area contributed by atoms with Gasteiger partial charge >= 0.3 is 0 Å². The van der Waals surface area contributed by atoms with Crippen LogP contribution >= 0.6 is 11.6 Å². The number of rotatable bonds is 7. The molecule has 0 bridgehead atoms. The summed E-state index contributed by atoms with van der Waals surface area (Å²) in [6, 6.07) is 4.87. The Morgan fingerprint density at radius 2 is 2.11 bits per heavy atom. The van der Waals surface area contributed by atoms with E-state index in [0.717, 1.165) is 56.7 Å². The molecule has 1 aromatic carbocycles. The highest BCUT2D eigenvalue weighted by Gasteiger charge is 2.19. The predicted molar refractivity (Wildman–Crippen MR) is 112 cm³/mol. The number of halogens is 2. The molecule has 1 amide bonds. The van der Waals surface area contributed by atoms with E-state index >= 15 is 0 Å². The number of aryl methyl sites for hydroxylation is 2. The lowest BCUT2D eigenvalue weighted by Gasteiger charge is -2.21. The zero-order chi connectivity index (χ0) is 20.1. The van der Waals surface area contributed by atoms with Gasteiger partial charge in [-0.3, -0.25) is 9.48 Å². The van der Waals surface area contributed by atoms with Crippen molar-refractivity contribution in [3.05, 3.63) is 46.5 Å². The second kappa shape index (κ2) is 9.24. The van der Waals surface area contributed by atoms with Gasteiger partial charge in [-0.1, -0.05) is 31.0 Å². The third-order valence-corrected chi connectivity index (χ3v) is 5.32. The fourth-order valence-corrected chi connectivity index (χ4v) is 3.72. The summed E-state index contributed by atoms with van der Waals surface area (Å²) in [5.74, 6) is -0.838. The second-order valence-corrected chi connectivity index (χ2v) is 7.38. The molecule has 0 saturated carbocycles. The predicted octanol–water partition coefficient (Wildman–Crippen LogP) is 5.04. The minimum atomic E-state index is -0.437. The number of nitrogens with one attached hydrogen (secondary N) is 1. The highest BCUT2D eigenvalue weighted by molar-refractivity contribution is 6.31. The number of amides is 1. The third-order valence-electron chi connectivity index (χ3n) is 4.92. The lowest BCUT2D eigenvalue weighted by Crippen LogP contribution is -2.21. The van der Waals surface area contributed by atoms with Crippen LogP contribution in [0.15, 0.2) is 24.3 Å². The van der Waals surface area contributed by atoms with Crippen molar-refractivity contribution < 1.29 is 9.18 Å². The van der Waals surface area contributed by atoms with Crippen LogP contribution in [0.25, 0.3) is 6.08 Å². The highest BCUT2D eigenvalue weighted by Crippen LogP contribution is 2.31. The lowest BCUT2D eigenvalue weighted by molar-refractivity contribution is -0.111. The standard InChI is InChI=1S/C21H26ClFN4O/c1-3-4-14-27-21(22)16(15(2)25-27)10-11-19(28)24-20-17(23)8-7-9-18(20)26-12-5-6-13-26/h7-11H,3-6,12-14H2,1-2H3,(H,24,28)/b11-10+. The summed E-state index contributed by atoms with van der Waals surface area (Å²) in [6.07, 6.45) is 7.19. The summed E-state index contributed by atoms with van der Waals surface area (Å²) in [6.45, 7) is 6.44. The maximum atomic E-state index is 14.4. The molecule has 0 spiro atoms. The molecule has 0 aliphatic carbocycles. The third kappa shape index (κ3) is 4.55. The summed E-state index contributed by atoms with van der Waals surface area (Å²) in [5, 5.41) is 7.63. The number of unbranched alkanes of at least 4 members (excludes halogenated alkanes) is 1. The molecule has 1 fully saturated rings. The van der Waals surface area contributed by atoms with Gasteiger partial charge in [0.2, 0.25) is 5.91 Å². The number of para-hydroxylation sites is 1. The summed E-state index contributed by atoms with van der Waals surface area (Å²) < 4.78 is 16.1. The fraction of sp³-hybridized carbons (Fsp3) is 0.429. The monoisotopic (exact) mass is 404 g/mol. The topological polar surface area (TPSA) is 50.2 Å². The van der Waals surface area contributed by atoms with Gasteiger partial charge in [-0.25, -0.2) is 4.39 Å². The van der Waals surface area contributed by atoms with E-state index in [4.69, 9.17) is 11.6 Å². The van der Waals surface area contributed by atoms with Crippen molar-refractivity contribution in [2.75, 3.05) is 23.3 Å². The molecular formula is C21H26ClFN4O. The molecule has 28 heavy (non-hydrogen) atoms. The Morgan fingerprint density at radius 1 is 1.36 bits per heavy atom. The van der Waals surface area contributed by atoms with E-state index in [1.807, 2.05) is 13.0 Å². The first-order chi connectivity index (χ1) is 13.5. The van der Waals surface area contributed by atoms with Gasteiger partial charge in [0.25, 0.3) is 0 Å². The maximum Gasteiger partial charge on any atom is 0.248 e. The summed E-state index contributed by atoms with van der Waals surface area (Å²) in [4.78, 5) is 14.6. The van der Waals surface area contributed by atoms with Crippen molar-refractivity contribution in [2.45, 2.75) is 46.1 Å². The highest BCUT2D eigenvalue weighted by atomic mass is 35.5. The van der Waals surface area contributed by atoms with E-state index < -0.39 is 11.7 Å². The smallest absolute Gasteiger partial charge is 0.248 e. The Hall–Kier alpha value is -2.34. The van der Waals surface area contributed by atoms with Crippen LogP contribution in [0.4, 0.5) is 15.8 Å². The zero-order valence-corrected chi connectivity index (χ0v) is 17.1. The van der Waals surface area contributed by atoms with Crippen molar-refractivity contribution in [3.8, 4) is 0 Å². The number of aromatic nitrogens is 2. The minimum absolute atomic E-state index is 0.223. The van der Waals surface area contributed by atoms with Crippen LogP contribution < -0.4 is 10.2 Å². The molecule has 5 nitrogen and oxygen atoms in total. The SMILES string of the molecule is CCCCn1nc(C)c(/C=C/C(=O)Nc2c(F)cccc2N2CCCC2)c1Cl. The average Bonchev–Trinajstić information content (AvgIpc) is 3.29. The Bertz CT molecular complexity index is 872. The molecule has 0 atom stereocenters. The Balaban J connectivity index is 1.75. The summed E-state index contributed by atoms with van der Waals surface area (Å²) >= 11 is 6.40. The first-order valence-corrected chi connectivity index (χ1v) is 10.1. The number of hydrogen-bond donors (Lipinski definition) is 1. The van der Waals surface area contributed by atoms with Crippen LogP contribution in [0.3, 0.4) is 0 Å². The van der Waals surface area contributed by atoms with Gasteiger partial charge in [0.05, 0.1) is 11.4 Å². The molecule has 7 heteroatoms. The number of carbonyl (C=O) groups excluding carboxylic acids is 1. The number of carbonyl (C=O) groups is 1. The van der Waals surface area contributed by atoms with E-state index in [9.17, 15) is 9.18 Å². The number of anilines is 2. The Labute approximate surface area is 170 Å². The molecule has 1 aromatic heterocycles. The molecule has 0 radical (unpaired) electrons. The molecule has 1 aliphatic rings. The van der Waals surface area contributed by atoms with Gasteiger partial charge in [-0.05, 0) is 44.4 Å². The molecule has 2 aromatic rings.